The van der Waals surface area contributed by atoms with E-state index in [2.05, 4.69) is 11.8 Å². The molecule has 4 heterocycles. The van der Waals surface area contributed by atoms with Gasteiger partial charge in [-0.25, -0.2) is 9.69 Å². The minimum atomic E-state index is -1.02. The molecule has 1 aromatic carbocycles. The second-order valence-electron chi connectivity index (χ2n) is 7.99. The second-order valence-corrected chi connectivity index (χ2v) is 7.99. The first-order valence-corrected chi connectivity index (χ1v) is 9.62. The lowest BCUT2D eigenvalue weighted by Gasteiger charge is -2.37. The van der Waals surface area contributed by atoms with Gasteiger partial charge in [-0.05, 0) is 31.4 Å². The number of carbonyl (C=O) groups is 3. The van der Waals surface area contributed by atoms with Crippen LogP contribution in [0.25, 0.3) is 0 Å². The summed E-state index contributed by atoms with van der Waals surface area (Å²) in [4.78, 5) is 44.4. The maximum absolute atomic E-state index is 13.7. The van der Waals surface area contributed by atoms with Crippen molar-refractivity contribution < 1.29 is 19.1 Å². The van der Waals surface area contributed by atoms with E-state index in [1.165, 1.54) is 4.90 Å². The molecule has 4 aliphatic rings. The van der Waals surface area contributed by atoms with E-state index in [1.54, 1.807) is 11.9 Å². The summed E-state index contributed by atoms with van der Waals surface area (Å²) in [6, 6.07) is 7.90. The quantitative estimate of drug-likeness (QED) is 0.752. The minimum Gasteiger partial charge on any atom is -0.447 e. The van der Waals surface area contributed by atoms with Crippen LogP contribution in [0.3, 0.4) is 0 Å². The molecule has 7 heteroatoms. The summed E-state index contributed by atoms with van der Waals surface area (Å²) in [6.45, 7) is 3.32. The molecule has 0 bridgehead atoms. The molecule has 3 fully saturated rings. The van der Waals surface area contributed by atoms with Gasteiger partial charge >= 0.3 is 6.09 Å². The molecule has 5 rings (SSSR count). The van der Waals surface area contributed by atoms with Gasteiger partial charge in [0.2, 0.25) is 5.91 Å². The third-order valence-corrected chi connectivity index (χ3v) is 6.93. The molecule has 3 saturated heterocycles. The monoisotopic (exact) mass is 369 g/mol. The molecule has 4 aliphatic heterocycles. The SMILES string of the molecule is C[C@@H]1[C@H]2CCCN2[C@]2(C(=O)N(C)c3ccccc32)[C@H]1C(=O)N1CCOC1=O. The molecule has 1 aromatic rings. The Bertz CT molecular complexity index is 855. The third kappa shape index (κ3) is 1.87. The summed E-state index contributed by atoms with van der Waals surface area (Å²) in [7, 11) is 1.77. The summed E-state index contributed by atoms with van der Waals surface area (Å²) in [5, 5.41) is 0. The molecular formula is C20H23N3O4. The van der Waals surface area contributed by atoms with Crippen LogP contribution in [-0.4, -0.2) is 60.5 Å². The number of anilines is 1. The lowest BCUT2D eigenvalue weighted by atomic mass is 9.74. The number of hydrogen-bond acceptors (Lipinski definition) is 5. The van der Waals surface area contributed by atoms with Gasteiger partial charge < -0.3 is 9.64 Å². The maximum Gasteiger partial charge on any atom is 0.416 e. The van der Waals surface area contributed by atoms with E-state index in [9.17, 15) is 14.4 Å². The van der Waals surface area contributed by atoms with Crippen LogP contribution in [0.5, 0.6) is 0 Å². The van der Waals surface area contributed by atoms with Crippen LogP contribution in [0, 0.1) is 11.8 Å². The molecular weight excluding hydrogens is 346 g/mol. The first-order valence-electron chi connectivity index (χ1n) is 9.62. The van der Waals surface area contributed by atoms with Crippen LogP contribution >= 0.6 is 0 Å². The molecule has 0 aliphatic carbocycles. The zero-order valence-corrected chi connectivity index (χ0v) is 15.6. The summed E-state index contributed by atoms with van der Waals surface area (Å²) in [6.07, 6.45) is 1.39. The van der Waals surface area contributed by atoms with Crippen molar-refractivity contribution in [2.24, 2.45) is 11.8 Å². The molecule has 0 N–H and O–H groups in total. The second kappa shape index (κ2) is 5.55. The van der Waals surface area contributed by atoms with Gasteiger partial charge in [0.05, 0.1) is 12.5 Å². The molecule has 7 nitrogen and oxygen atoms in total. The summed E-state index contributed by atoms with van der Waals surface area (Å²) in [5.41, 5.74) is 0.718. The van der Waals surface area contributed by atoms with Crippen molar-refractivity contribution >= 4 is 23.6 Å². The highest BCUT2D eigenvalue weighted by Crippen LogP contribution is 2.59. The molecule has 0 saturated carbocycles. The van der Waals surface area contributed by atoms with Gasteiger partial charge in [-0.1, -0.05) is 25.1 Å². The van der Waals surface area contributed by atoms with Crippen molar-refractivity contribution in [3.05, 3.63) is 29.8 Å². The first-order chi connectivity index (χ1) is 13.0. The van der Waals surface area contributed by atoms with Crippen LogP contribution in [-0.2, 0) is 19.9 Å². The summed E-state index contributed by atoms with van der Waals surface area (Å²) < 4.78 is 5.00. The molecule has 0 unspecified atom stereocenters. The number of benzene rings is 1. The largest absolute Gasteiger partial charge is 0.447 e. The lowest BCUT2D eigenvalue weighted by Crippen LogP contribution is -2.56. The Balaban J connectivity index is 1.71. The van der Waals surface area contributed by atoms with E-state index in [-0.39, 0.29) is 36.9 Å². The van der Waals surface area contributed by atoms with Gasteiger partial charge in [-0.3, -0.25) is 14.5 Å². The zero-order valence-electron chi connectivity index (χ0n) is 15.6. The van der Waals surface area contributed by atoms with Crippen molar-refractivity contribution in [2.75, 3.05) is 31.6 Å². The number of imide groups is 1. The van der Waals surface area contributed by atoms with Crippen molar-refractivity contribution in [1.82, 2.24) is 9.80 Å². The standard InChI is InChI=1S/C20H23N3O4/c1-12-14-8-5-9-23(14)20(16(12)17(24)22-10-11-27-19(22)26)13-6-3-4-7-15(13)21(2)18(20)25/h3-4,6-7,12,14,16H,5,8-11H2,1-2H3/t12-,14-,16-,20+/m1/s1. The van der Waals surface area contributed by atoms with Crippen LogP contribution in [0.2, 0.25) is 0 Å². The molecule has 4 atom stereocenters. The van der Waals surface area contributed by atoms with E-state index in [0.717, 1.165) is 30.6 Å². The Kier molecular flexibility index (Phi) is 3.44. The Morgan fingerprint density at radius 1 is 1.22 bits per heavy atom. The summed E-state index contributed by atoms with van der Waals surface area (Å²) >= 11 is 0. The van der Waals surface area contributed by atoms with E-state index in [1.807, 2.05) is 24.3 Å². The zero-order chi connectivity index (χ0) is 18.9. The maximum atomic E-state index is 13.7. The van der Waals surface area contributed by atoms with Gasteiger partial charge in [0.25, 0.3) is 5.91 Å². The number of para-hydroxylation sites is 1. The topological polar surface area (TPSA) is 70.2 Å². The van der Waals surface area contributed by atoms with E-state index in [4.69, 9.17) is 4.74 Å². The predicted molar refractivity (Wildman–Crippen MR) is 97.0 cm³/mol. The van der Waals surface area contributed by atoms with Crippen molar-refractivity contribution in [2.45, 2.75) is 31.3 Å². The van der Waals surface area contributed by atoms with E-state index in [0.29, 0.717) is 0 Å². The Morgan fingerprint density at radius 2 is 2.00 bits per heavy atom. The Hall–Kier alpha value is -2.41. The third-order valence-electron chi connectivity index (χ3n) is 6.93. The highest BCUT2D eigenvalue weighted by atomic mass is 16.6. The highest BCUT2D eigenvalue weighted by Gasteiger charge is 2.70. The smallest absolute Gasteiger partial charge is 0.416 e. The normalized spacial score (nSPS) is 35.1. The highest BCUT2D eigenvalue weighted by molar-refractivity contribution is 6.11. The lowest BCUT2D eigenvalue weighted by molar-refractivity contribution is -0.143. The molecule has 27 heavy (non-hydrogen) atoms. The fraction of sp³-hybridized carbons (Fsp3) is 0.550. The van der Waals surface area contributed by atoms with Gasteiger partial charge in [-0.15, -0.1) is 0 Å². The average Bonchev–Trinajstić information content (AvgIpc) is 3.40. The van der Waals surface area contributed by atoms with Crippen LogP contribution in [0.1, 0.15) is 25.3 Å². The molecule has 0 aromatic heterocycles. The van der Waals surface area contributed by atoms with Crippen LogP contribution in [0.15, 0.2) is 24.3 Å². The van der Waals surface area contributed by atoms with Crippen molar-refractivity contribution in [3.63, 3.8) is 0 Å². The van der Waals surface area contributed by atoms with Gasteiger partial charge in [0.1, 0.15) is 12.1 Å². The van der Waals surface area contributed by atoms with Crippen molar-refractivity contribution in [3.8, 4) is 0 Å². The molecule has 3 amide bonds. The molecule has 0 radical (unpaired) electrons. The number of fused-ring (bicyclic) bond motifs is 4. The fourth-order valence-corrected chi connectivity index (χ4v) is 5.87. The minimum absolute atomic E-state index is 0.0168. The van der Waals surface area contributed by atoms with E-state index < -0.39 is 17.6 Å². The number of carbonyl (C=O) groups excluding carboxylic acids is 3. The Labute approximate surface area is 157 Å². The number of nitrogens with zero attached hydrogens (tertiary/aromatic N) is 3. The van der Waals surface area contributed by atoms with Crippen LogP contribution in [0.4, 0.5) is 10.5 Å². The molecule has 1 spiro atoms. The first kappa shape index (κ1) is 16.7. The average molecular weight is 369 g/mol. The van der Waals surface area contributed by atoms with Gasteiger partial charge in [0, 0.05) is 24.3 Å². The predicted octanol–water partition coefficient (Wildman–Crippen LogP) is 1.57. The number of rotatable bonds is 1. The van der Waals surface area contributed by atoms with Crippen LogP contribution < -0.4 is 4.90 Å². The van der Waals surface area contributed by atoms with Crippen molar-refractivity contribution in [1.29, 1.82) is 0 Å². The van der Waals surface area contributed by atoms with Gasteiger partial charge in [0.15, 0.2) is 0 Å². The number of cyclic esters (lactones) is 1. The Morgan fingerprint density at radius 3 is 2.74 bits per heavy atom. The fourth-order valence-electron chi connectivity index (χ4n) is 5.87. The number of ether oxygens (including phenoxy) is 1. The summed E-state index contributed by atoms with van der Waals surface area (Å²) in [5.74, 6) is -0.951. The molecule has 142 valence electrons. The number of amides is 3. The number of likely N-dealkylation sites (N-methyl/N-ethyl adjacent to an activating group) is 1. The van der Waals surface area contributed by atoms with E-state index >= 15 is 0 Å². The number of hydrogen-bond donors (Lipinski definition) is 0. The van der Waals surface area contributed by atoms with Gasteiger partial charge in [-0.2, -0.15) is 0 Å².